The molecule has 0 bridgehead atoms. The monoisotopic (exact) mass is 277 g/mol. The van der Waals surface area contributed by atoms with Crippen LogP contribution < -0.4 is 10.5 Å². The molecule has 5 heteroatoms. The summed E-state index contributed by atoms with van der Waals surface area (Å²) in [5, 5.41) is 0. The van der Waals surface area contributed by atoms with Gasteiger partial charge in [0.1, 0.15) is 5.75 Å². The Labute approximate surface area is 120 Å². The summed E-state index contributed by atoms with van der Waals surface area (Å²) in [6.45, 7) is 7.53. The molecule has 0 spiro atoms. The number of carbonyl (C=O) groups is 1. The van der Waals surface area contributed by atoms with E-state index in [1.54, 1.807) is 0 Å². The van der Waals surface area contributed by atoms with Crippen molar-refractivity contribution in [3.05, 3.63) is 29.3 Å². The minimum Gasteiger partial charge on any atom is -0.493 e. The first kappa shape index (κ1) is 14.8. The van der Waals surface area contributed by atoms with E-state index in [0.717, 1.165) is 38.3 Å². The zero-order chi connectivity index (χ0) is 14.5. The van der Waals surface area contributed by atoms with Gasteiger partial charge in [0.15, 0.2) is 0 Å². The highest BCUT2D eigenvalue weighted by molar-refractivity contribution is 5.95. The van der Waals surface area contributed by atoms with E-state index in [0.29, 0.717) is 17.9 Å². The first-order valence-electron chi connectivity index (χ1n) is 7.06. The van der Waals surface area contributed by atoms with Crippen LogP contribution in [0.4, 0.5) is 0 Å². The molecule has 0 saturated carbocycles. The molecule has 1 aliphatic heterocycles. The van der Waals surface area contributed by atoms with Crippen LogP contribution in [-0.2, 0) is 6.54 Å². The fourth-order valence-corrected chi connectivity index (χ4v) is 2.41. The van der Waals surface area contributed by atoms with Crippen LogP contribution in [0.5, 0.6) is 5.75 Å². The van der Waals surface area contributed by atoms with Crippen molar-refractivity contribution in [3.8, 4) is 5.75 Å². The maximum absolute atomic E-state index is 11.5. The summed E-state index contributed by atoms with van der Waals surface area (Å²) in [6, 6.07) is 5.70. The van der Waals surface area contributed by atoms with E-state index in [9.17, 15) is 4.79 Å². The number of hydrogen-bond acceptors (Lipinski definition) is 4. The van der Waals surface area contributed by atoms with Gasteiger partial charge in [0.25, 0.3) is 5.91 Å². The van der Waals surface area contributed by atoms with E-state index >= 15 is 0 Å². The lowest BCUT2D eigenvalue weighted by atomic mass is 10.1. The van der Waals surface area contributed by atoms with Gasteiger partial charge in [-0.3, -0.25) is 9.69 Å². The van der Waals surface area contributed by atoms with Gasteiger partial charge in [-0.2, -0.15) is 0 Å². The summed E-state index contributed by atoms with van der Waals surface area (Å²) in [4.78, 5) is 16.2. The number of rotatable bonds is 5. The van der Waals surface area contributed by atoms with Crippen molar-refractivity contribution in [3.63, 3.8) is 0 Å². The highest BCUT2D eigenvalue weighted by Gasteiger charge is 2.16. The minimum absolute atomic E-state index is 0.436. The molecule has 1 aromatic carbocycles. The molecule has 2 N–H and O–H groups in total. The van der Waals surface area contributed by atoms with Gasteiger partial charge >= 0.3 is 0 Å². The second-order valence-corrected chi connectivity index (χ2v) is 5.21. The van der Waals surface area contributed by atoms with Gasteiger partial charge in [0.05, 0.1) is 12.2 Å². The van der Waals surface area contributed by atoms with Crippen molar-refractivity contribution < 1.29 is 9.53 Å². The summed E-state index contributed by atoms with van der Waals surface area (Å²) in [6.07, 6.45) is 0. The lowest BCUT2D eigenvalue weighted by molar-refractivity contribution is 0.0996. The van der Waals surface area contributed by atoms with Gasteiger partial charge in [-0.25, -0.2) is 0 Å². The van der Waals surface area contributed by atoms with Crippen LogP contribution in [0.3, 0.4) is 0 Å². The zero-order valence-electron chi connectivity index (χ0n) is 12.3. The Morgan fingerprint density at radius 3 is 2.60 bits per heavy atom. The number of likely N-dealkylation sites (N-methyl/N-ethyl adjacent to an activating group) is 1. The standard InChI is InChI=1S/C15H23N3O2/c1-3-20-14-5-4-12(10-13(14)15(16)19)11-18-8-6-17(2)7-9-18/h4-5,10H,3,6-9,11H2,1-2H3,(H2,16,19). The van der Waals surface area contributed by atoms with Crippen LogP contribution in [0.2, 0.25) is 0 Å². The molecule has 1 amide bonds. The molecular weight excluding hydrogens is 254 g/mol. The van der Waals surface area contributed by atoms with Crippen LogP contribution >= 0.6 is 0 Å². The molecular formula is C15H23N3O2. The number of nitrogens with zero attached hydrogens (tertiary/aromatic N) is 2. The van der Waals surface area contributed by atoms with E-state index in [1.165, 1.54) is 0 Å². The lowest BCUT2D eigenvalue weighted by Gasteiger charge is -2.32. The molecule has 1 saturated heterocycles. The molecule has 0 unspecified atom stereocenters. The fourth-order valence-electron chi connectivity index (χ4n) is 2.41. The third-order valence-electron chi connectivity index (χ3n) is 3.61. The molecule has 1 heterocycles. The van der Waals surface area contributed by atoms with Crippen LogP contribution in [0.1, 0.15) is 22.8 Å². The van der Waals surface area contributed by atoms with Crippen LogP contribution in [0.15, 0.2) is 18.2 Å². The summed E-state index contributed by atoms with van der Waals surface area (Å²) in [7, 11) is 2.14. The first-order valence-corrected chi connectivity index (χ1v) is 7.06. The topological polar surface area (TPSA) is 58.8 Å². The number of primary amides is 1. The Kier molecular flexibility index (Phi) is 4.98. The second-order valence-electron chi connectivity index (χ2n) is 5.21. The summed E-state index contributed by atoms with van der Waals surface area (Å²) >= 11 is 0. The average molecular weight is 277 g/mol. The van der Waals surface area contributed by atoms with E-state index in [-0.39, 0.29) is 0 Å². The number of hydrogen-bond donors (Lipinski definition) is 1. The Morgan fingerprint density at radius 1 is 1.30 bits per heavy atom. The smallest absolute Gasteiger partial charge is 0.252 e. The normalized spacial score (nSPS) is 17.1. The Bertz CT molecular complexity index is 468. The number of piperazine rings is 1. The Morgan fingerprint density at radius 2 is 2.00 bits per heavy atom. The van der Waals surface area contributed by atoms with Gasteiger partial charge in [-0.15, -0.1) is 0 Å². The first-order chi connectivity index (χ1) is 9.60. The fraction of sp³-hybridized carbons (Fsp3) is 0.533. The number of benzene rings is 1. The summed E-state index contributed by atoms with van der Waals surface area (Å²) in [5.41, 5.74) is 7.00. The van der Waals surface area contributed by atoms with Crippen molar-refractivity contribution in [2.75, 3.05) is 39.8 Å². The highest BCUT2D eigenvalue weighted by Crippen LogP contribution is 2.21. The van der Waals surface area contributed by atoms with Crippen molar-refractivity contribution in [1.29, 1.82) is 0 Å². The number of carbonyl (C=O) groups excluding carboxylic acids is 1. The van der Waals surface area contributed by atoms with Gasteiger partial charge in [0.2, 0.25) is 0 Å². The molecule has 0 aliphatic carbocycles. The van der Waals surface area contributed by atoms with E-state index in [2.05, 4.69) is 16.8 Å². The predicted molar refractivity (Wildman–Crippen MR) is 78.9 cm³/mol. The number of nitrogens with two attached hydrogens (primary N) is 1. The van der Waals surface area contributed by atoms with Gasteiger partial charge in [0, 0.05) is 32.7 Å². The van der Waals surface area contributed by atoms with Crippen LogP contribution in [-0.4, -0.2) is 55.5 Å². The summed E-state index contributed by atoms with van der Waals surface area (Å²) in [5.74, 6) is 0.135. The predicted octanol–water partition coefficient (Wildman–Crippen LogP) is 0.932. The van der Waals surface area contributed by atoms with E-state index < -0.39 is 5.91 Å². The third kappa shape index (κ3) is 3.71. The quantitative estimate of drug-likeness (QED) is 0.870. The highest BCUT2D eigenvalue weighted by atomic mass is 16.5. The maximum atomic E-state index is 11.5. The second kappa shape index (κ2) is 6.72. The van der Waals surface area contributed by atoms with Gasteiger partial charge < -0.3 is 15.4 Å². The van der Waals surface area contributed by atoms with Crippen LogP contribution in [0, 0.1) is 0 Å². The van der Waals surface area contributed by atoms with Crippen molar-refractivity contribution >= 4 is 5.91 Å². The molecule has 5 nitrogen and oxygen atoms in total. The van der Waals surface area contributed by atoms with Gasteiger partial charge in [-0.05, 0) is 31.7 Å². The molecule has 0 aromatic heterocycles. The average Bonchev–Trinajstić information content (AvgIpc) is 2.43. The Balaban J connectivity index is 2.08. The molecule has 0 radical (unpaired) electrons. The van der Waals surface area contributed by atoms with Gasteiger partial charge in [-0.1, -0.05) is 6.07 Å². The van der Waals surface area contributed by atoms with Crippen molar-refractivity contribution in [2.45, 2.75) is 13.5 Å². The van der Waals surface area contributed by atoms with Crippen LogP contribution in [0.25, 0.3) is 0 Å². The largest absolute Gasteiger partial charge is 0.493 e. The summed E-state index contributed by atoms with van der Waals surface area (Å²) < 4.78 is 5.44. The molecule has 1 aliphatic rings. The SMILES string of the molecule is CCOc1ccc(CN2CCN(C)CC2)cc1C(N)=O. The molecule has 110 valence electrons. The minimum atomic E-state index is -0.436. The third-order valence-corrected chi connectivity index (χ3v) is 3.61. The molecule has 0 atom stereocenters. The number of ether oxygens (including phenoxy) is 1. The lowest BCUT2D eigenvalue weighted by Crippen LogP contribution is -2.43. The number of amides is 1. The molecule has 2 rings (SSSR count). The van der Waals surface area contributed by atoms with Crippen molar-refractivity contribution in [1.82, 2.24) is 9.80 Å². The molecule has 1 aromatic rings. The maximum Gasteiger partial charge on any atom is 0.252 e. The Hall–Kier alpha value is -1.59. The van der Waals surface area contributed by atoms with E-state index in [4.69, 9.17) is 10.5 Å². The zero-order valence-corrected chi connectivity index (χ0v) is 12.3. The molecule has 20 heavy (non-hydrogen) atoms. The van der Waals surface area contributed by atoms with Crippen molar-refractivity contribution in [2.24, 2.45) is 5.73 Å². The molecule has 1 fully saturated rings. The van der Waals surface area contributed by atoms with E-state index in [1.807, 2.05) is 25.1 Å².